The van der Waals surface area contributed by atoms with Crippen molar-refractivity contribution in [3.8, 4) is 0 Å². The lowest BCUT2D eigenvalue weighted by Gasteiger charge is -2.16. The van der Waals surface area contributed by atoms with Gasteiger partial charge >= 0.3 is 0 Å². The van der Waals surface area contributed by atoms with Crippen molar-refractivity contribution >= 4 is 29.0 Å². The van der Waals surface area contributed by atoms with E-state index in [1.54, 1.807) is 29.9 Å². The van der Waals surface area contributed by atoms with E-state index < -0.39 is 6.04 Å². The molecule has 0 saturated carbocycles. The molecule has 2 rings (SSSR count). The number of ketones is 1. The third-order valence-electron chi connectivity index (χ3n) is 3.13. The molecule has 2 aromatic heterocycles. The van der Waals surface area contributed by atoms with Crippen LogP contribution in [0.1, 0.15) is 33.0 Å². The summed E-state index contributed by atoms with van der Waals surface area (Å²) in [5.74, 6) is -0.594. The third kappa shape index (κ3) is 5.13. The number of pyridine rings is 1. The molecule has 2 heterocycles. The molecule has 0 aliphatic heterocycles. The maximum atomic E-state index is 12.5. The van der Waals surface area contributed by atoms with Crippen LogP contribution in [0.15, 0.2) is 41.1 Å². The average molecular weight is 346 g/mol. The first-order valence-corrected chi connectivity index (χ1v) is 8.16. The number of rotatable bonds is 8. The largest absolute Gasteiger partial charge is 0.370 e. The summed E-state index contributed by atoms with van der Waals surface area (Å²) in [6.07, 6.45) is 5.52. The number of aliphatic imine (C=N–C) groups is 1. The Labute approximate surface area is 143 Å². The first-order valence-electron chi connectivity index (χ1n) is 7.28. The van der Waals surface area contributed by atoms with Crippen molar-refractivity contribution < 1.29 is 9.59 Å². The molecule has 0 aromatic carbocycles. The van der Waals surface area contributed by atoms with Gasteiger partial charge < -0.3 is 16.8 Å². The number of Topliss-reactive ketones (excluding diaryl/α,β-unsaturated/α-hetero) is 1. The Morgan fingerprint density at radius 2 is 2.17 bits per heavy atom. The predicted octanol–water partition coefficient (Wildman–Crippen LogP) is 0.573. The van der Waals surface area contributed by atoms with Crippen LogP contribution < -0.4 is 16.8 Å². The molecule has 24 heavy (non-hydrogen) atoms. The fraction of sp³-hybridized carbons (Fsp3) is 0.267. The summed E-state index contributed by atoms with van der Waals surface area (Å²) in [6, 6.07) is 2.59. The number of carbonyl (C=O) groups excluding carboxylic acids is 2. The zero-order valence-corrected chi connectivity index (χ0v) is 13.7. The van der Waals surface area contributed by atoms with Crippen molar-refractivity contribution in [1.29, 1.82) is 0 Å². The lowest BCUT2D eigenvalue weighted by atomic mass is 10.1. The molecule has 5 N–H and O–H groups in total. The highest BCUT2D eigenvalue weighted by atomic mass is 32.1. The molecule has 0 saturated heterocycles. The van der Waals surface area contributed by atoms with Gasteiger partial charge in [-0.25, -0.2) is 4.98 Å². The number of nitrogens with one attached hydrogen (secondary N) is 1. The van der Waals surface area contributed by atoms with Crippen LogP contribution >= 0.6 is 11.3 Å². The summed E-state index contributed by atoms with van der Waals surface area (Å²) < 4.78 is 0. The fourth-order valence-corrected chi connectivity index (χ4v) is 2.64. The number of thiazole rings is 1. The van der Waals surface area contributed by atoms with Crippen molar-refractivity contribution in [3.63, 3.8) is 0 Å². The summed E-state index contributed by atoms with van der Waals surface area (Å²) in [5, 5.41) is 4.81. The molecular weight excluding hydrogens is 328 g/mol. The number of aromatic nitrogens is 2. The molecule has 0 radical (unpaired) electrons. The normalized spacial score (nSPS) is 11.5. The topological polar surface area (TPSA) is 136 Å². The molecule has 0 spiro atoms. The molecule has 2 aromatic rings. The van der Waals surface area contributed by atoms with Crippen molar-refractivity contribution in [3.05, 3.63) is 46.7 Å². The smallest absolute Gasteiger partial charge is 0.253 e. The Balaban J connectivity index is 2.05. The van der Waals surface area contributed by atoms with Crippen LogP contribution in [-0.4, -0.2) is 40.2 Å². The first-order chi connectivity index (χ1) is 11.6. The van der Waals surface area contributed by atoms with E-state index >= 15 is 0 Å². The molecule has 126 valence electrons. The molecule has 0 aliphatic rings. The molecule has 0 fully saturated rings. The van der Waals surface area contributed by atoms with Gasteiger partial charge in [0.15, 0.2) is 11.0 Å². The second-order valence-electron chi connectivity index (χ2n) is 4.92. The van der Waals surface area contributed by atoms with Crippen LogP contribution in [0.2, 0.25) is 0 Å². The lowest BCUT2D eigenvalue weighted by molar-refractivity contribution is 0.0851. The van der Waals surface area contributed by atoms with Crippen LogP contribution in [0.4, 0.5) is 0 Å². The van der Waals surface area contributed by atoms with E-state index in [9.17, 15) is 9.59 Å². The Bertz CT molecular complexity index is 698. The summed E-state index contributed by atoms with van der Waals surface area (Å²) in [4.78, 5) is 36.6. The van der Waals surface area contributed by atoms with E-state index in [0.717, 1.165) is 0 Å². The highest BCUT2D eigenvalue weighted by Gasteiger charge is 2.24. The molecule has 0 aliphatic carbocycles. The maximum Gasteiger partial charge on any atom is 0.253 e. The molecular formula is C15H18N6O2S. The number of amides is 1. The highest BCUT2D eigenvalue weighted by molar-refractivity contribution is 7.11. The zero-order chi connectivity index (χ0) is 17.4. The minimum absolute atomic E-state index is 0.00260. The molecule has 0 bridgehead atoms. The predicted molar refractivity (Wildman–Crippen MR) is 91.8 cm³/mol. The van der Waals surface area contributed by atoms with Gasteiger partial charge in [0.1, 0.15) is 0 Å². The van der Waals surface area contributed by atoms with Crippen LogP contribution in [0.5, 0.6) is 0 Å². The zero-order valence-electron chi connectivity index (χ0n) is 12.9. The summed E-state index contributed by atoms with van der Waals surface area (Å²) in [6.45, 7) is 0.382. The minimum Gasteiger partial charge on any atom is -0.370 e. The number of nitrogens with two attached hydrogens (primary N) is 2. The Kier molecular flexibility index (Phi) is 6.38. The number of carbonyl (C=O) groups is 2. The molecule has 1 unspecified atom stereocenters. The summed E-state index contributed by atoms with van der Waals surface area (Å²) >= 11 is 1.23. The second kappa shape index (κ2) is 8.73. The molecule has 1 atom stereocenters. The van der Waals surface area contributed by atoms with E-state index in [-0.39, 0.29) is 17.6 Å². The van der Waals surface area contributed by atoms with Crippen LogP contribution in [0.3, 0.4) is 0 Å². The number of nitrogens with zero attached hydrogens (tertiary/aromatic N) is 3. The number of guanidine groups is 1. The van der Waals surface area contributed by atoms with Crippen molar-refractivity contribution in [1.82, 2.24) is 15.3 Å². The minimum atomic E-state index is -0.696. The average Bonchev–Trinajstić information content (AvgIpc) is 3.12. The highest BCUT2D eigenvalue weighted by Crippen LogP contribution is 2.12. The van der Waals surface area contributed by atoms with E-state index in [0.29, 0.717) is 30.0 Å². The first kappa shape index (κ1) is 17.5. The number of hydrogen-bond donors (Lipinski definition) is 3. The van der Waals surface area contributed by atoms with Crippen LogP contribution in [0.25, 0.3) is 0 Å². The third-order valence-corrected chi connectivity index (χ3v) is 3.92. The van der Waals surface area contributed by atoms with Crippen LogP contribution in [-0.2, 0) is 0 Å². The van der Waals surface area contributed by atoms with Gasteiger partial charge in [-0.1, -0.05) is 0 Å². The molecule has 8 nitrogen and oxygen atoms in total. The standard InChI is InChI=1S/C15H18N6O2S/c16-15(17)20-6-2-4-11(12(22)14-19-7-8-24-14)21-13(23)10-3-1-5-18-9-10/h1,3,5,7-9,11H,2,4,6H2,(H,21,23)(H4,16,17,20). The van der Waals surface area contributed by atoms with Crippen molar-refractivity contribution in [2.45, 2.75) is 18.9 Å². The fourth-order valence-electron chi connectivity index (χ4n) is 2.01. The Hall–Kier alpha value is -2.81. The Morgan fingerprint density at radius 1 is 1.33 bits per heavy atom. The lowest BCUT2D eigenvalue weighted by Crippen LogP contribution is -2.41. The molecule has 9 heteroatoms. The van der Waals surface area contributed by atoms with Gasteiger partial charge in [-0.2, -0.15) is 0 Å². The van der Waals surface area contributed by atoms with Gasteiger partial charge in [0.2, 0.25) is 5.78 Å². The summed E-state index contributed by atoms with van der Waals surface area (Å²) in [5.41, 5.74) is 10.9. The van der Waals surface area contributed by atoms with E-state index in [1.165, 1.54) is 17.5 Å². The van der Waals surface area contributed by atoms with Gasteiger partial charge in [-0.15, -0.1) is 11.3 Å². The van der Waals surface area contributed by atoms with Crippen molar-refractivity contribution in [2.24, 2.45) is 16.5 Å². The monoisotopic (exact) mass is 346 g/mol. The van der Waals surface area contributed by atoms with Gasteiger partial charge in [0.05, 0.1) is 11.6 Å². The van der Waals surface area contributed by atoms with Gasteiger partial charge in [0.25, 0.3) is 5.91 Å². The quantitative estimate of drug-likeness (QED) is 0.277. The summed E-state index contributed by atoms with van der Waals surface area (Å²) in [7, 11) is 0. The molecule has 1 amide bonds. The van der Waals surface area contributed by atoms with Gasteiger partial charge in [0, 0.05) is 30.5 Å². The van der Waals surface area contributed by atoms with Gasteiger partial charge in [-0.3, -0.25) is 19.6 Å². The van der Waals surface area contributed by atoms with Crippen LogP contribution in [0, 0.1) is 0 Å². The second-order valence-corrected chi connectivity index (χ2v) is 5.81. The Morgan fingerprint density at radius 3 is 2.79 bits per heavy atom. The SMILES string of the molecule is NC(N)=NCCCC(NC(=O)c1cccnc1)C(=O)c1nccs1. The van der Waals surface area contributed by atoms with Crippen molar-refractivity contribution in [2.75, 3.05) is 6.54 Å². The maximum absolute atomic E-state index is 12.5. The van der Waals surface area contributed by atoms with E-state index in [4.69, 9.17) is 11.5 Å². The van der Waals surface area contributed by atoms with E-state index in [1.807, 2.05) is 0 Å². The van der Waals surface area contributed by atoms with Gasteiger partial charge in [-0.05, 0) is 25.0 Å². The van der Waals surface area contributed by atoms with E-state index in [2.05, 4.69) is 20.3 Å². The number of hydrogen-bond acceptors (Lipinski definition) is 6.